The second kappa shape index (κ2) is 7.89. The highest BCUT2D eigenvalue weighted by molar-refractivity contribution is 7.91. The van der Waals surface area contributed by atoms with Crippen molar-refractivity contribution >= 4 is 32.2 Å². The van der Waals surface area contributed by atoms with E-state index in [-0.39, 0.29) is 10.6 Å². The molecule has 0 aliphatic carbocycles. The summed E-state index contributed by atoms with van der Waals surface area (Å²) in [5.41, 5.74) is 1.12. The lowest BCUT2D eigenvalue weighted by molar-refractivity contribution is 0.356. The third kappa shape index (κ3) is 3.65. The summed E-state index contributed by atoms with van der Waals surface area (Å²) in [7, 11) is 1.24. The predicted octanol–water partition coefficient (Wildman–Crippen LogP) is 3.19. The Morgan fingerprint density at radius 3 is 2.25 bits per heavy atom. The largest absolute Gasteiger partial charge is 0.495 e. The van der Waals surface area contributed by atoms with E-state index in [0.29, 0.717) is 39.7 Å². The number of anilines is 2. The first-order chi connectivity index (χ1) is 13.4. The molecule has 0 saturated carbocycles. The van der Waals surface area contributed by atoms with Crippen molar-refractivity contribution in [1.29, 1.82) is 0 Å². The Hall–Kier alpha value is -3.07. The van der Waals surface area contributed by atoms with Crippen molar-refractivity contribution in [3.8, 4) is 17.2 Å². The number of hydrogen-bond donors (Lipinski definition) is 1. The number of rotatable bonds is 7. The highest BCUT2D eigenvalue weighted by Gasteiger charge is 2.17. The van der Waals surface area contributed by atoms with E-state index >= 15 is 0 Å². The second-order valence-corrected chi connectivity index (χ2v) is 8.12. The minimum Gasteiger partial charge on any atom is -0.495 e. The highest BCUT2D eigenvalue weighted by atomic mass is 32.2. The van der Waals surface area contributed by atoms with Crippen LogP contribution in [0.15, 0.2) is 41.6 Å². The molecule has 28 heavy (non-hydrogen) atoms. The van der Waals surface area contributed by atoms with Gasteiger partial charge in [0, 0.05) is 11.5 Å². The number of aromatic nitrogens is 2. The van der Waals surface area contributed by atoms with Crippen LogP contribution in [0.3, 0.4) is 0 Å². The fraction of sp³-hybridized carbons (Fsp3) is 0.263. The van der Waals surface area contributed by atoms with E-state index in [4.69, 9.17) is 14.2 Å². The molecule has 3 rings (SSSR count). The number of methoxy groups -OCH3 is 3. The summed E-state index contributed by atoms with van der Waals surface area (Å²) in [6, 6.07) is 8.17. The van der Waals surface area contributed by atoms with Crippen LogP contribution < -0.4 is 19.5 Å². The van der Waals surface area contributed by atoms with Crippen LogP contribution in [0.2, 0.25) is 0 Å². The van der Waals surface area contributed by atoms with Crippen LogP contribution >= 0.6 is 0 Å². The van der Waals surface area contributed by atoms with Crippen molar-refractivity contribution in [1.82, 2.24) is 9.97 Å². The number of nitrogens with zero attached hydrogens (tertiary/aromatic N) is 2. The zero-order valence-corrected chi connectivity index (χ0v) is 16.8. The summed E-state index contributed by atoms with van der Waals surface area (Å²) in [5.74, 6) is 2.06. The Kier molecular flexibility index (Phi) is 5.55. The van der Waals surface area contributed by atoms with Crippen LogP contribution in [0.4, 0.5) is 11.5 Å². The average Bonchev–Trinajstić information content (AvgIpc) is 2.72. The molecule has 0 saturated heterocycles. The van der Waals surface area contributed by atoms with E-state index in [1.807, 2.05) is 0 Å². The molecule has 0 unspecified atom stereocenters. The van der Waals surface area contributed by atoms with Gasteiger partial charge in [0.05, 0.1) is 43.2 Å². The summed E-state index contributed by atoms with van der Waals surface area (Å²) in [6.07, 6.45) is 1.41. The molecule has 0 fully saturated rings. The zero-order valence-electron chi connectivity index (χ0n) is 16.0. The smallest absolute Gasteiger partial charge is 0.178 e. The Bertz CT molecular complexity index is 1120. The lowest BCUT2D eigenvalue weighted by Crippen LogP contribution is -2.05. The monoisotopic (exact) mass is 403 g/mol. The normalized spacial score (nSPS) is 11.3. The van der Waals surface area contributed by atoms with Crippen molar-refractivity contribution in [3.05, 3.63) is 36.7 Å². The summed E-state index contributed by atoms with van der Waals surface area (Å²) in [5, 5.41) is 3.84. The van der Waals surface area contributed by atoms with E-state index in [1.165, 1.54) is 25.6 Å². The molecule has 8 nitrogen and oxygen atoms in total. The molecule has 1 aromatic heterocycles. The molecule has 0 aliphatic heterocycles. The minimum atomic E-state index is -3.36. The van der Waals surface area contributed by atoms with Gasteiger partial charge in [-0.15, -0.1) is 0 Å². The average molecular weight is 403 g/mol. The Morgan fingerprint density at radius 2 is 1.61 bits per heavy atom. The highest BCUT2D eigenvalue weighted by Crippen LogP contribution is 2.36. The van der Waals surface area contributed by atoms with Gasteiger partial charge >= 0.3 is 0 Å². The molecular formula is C19H21N3O5S. The molecule has 3 aromatic rings. The lowest BCUT2D eigenvalue weighted by Gasteiger charge is -2.15. The number of hydrogen-bond acceptors (Lipinski definition) is 8. The summed E-state index contributed by atoms with van der Waals surface area (Å²) < 4.78 is 40.5. The Morgan fingerprint density at radius 1 is 0.929 bits per heavy atom. The lowest BCUT2D eigenvalue weighted by atomic mass is 10.2. The zero-order chi connectivity index (χ0) is 20.3. The third-order valence-electron chi connectivity index (χ3n) is 4.30. The van der Waals surface area contributed by atoms with Crippen molar-refractivity contribution in [2.75, 3.05) is 32.4 Å². The van der Waals surface area contributed by atoms with Crippen LogP contribution in [-0.2, 0) is 9.84 Å². The van der Waals surface area contributed by atoms with Gasteiger partial charge in [-0.2, -0.15) is 0 Å². The van der Waals surface area contributed by atoms with Crippen molar-refractivity contribution in [2.45, 2.75) is 11.8 Å². The van der Waals surface area contributed by atoms with Gasteiger partial charge in [-0.05, 0) is 24.3 Å². The topological polar surface area (TPSA) is 99.6 Å². The second-order valence-electron chi connectivity index (χ2n) is 5.84. The molecule has 0 bridgehead atoms. The van der Waals surface area contributed by atoms with Crippen LogP contribution in [-0.4, -0.2) is 45.5 Å². The molecule has 2 aromatic carbocycles. The SMILES string of the molecule is CCS(=O)(=O)c1ccc(OC)c(Nc2ncnc3cc(OC)c(OC)cc23)c1. The molecule has 0 aliphatic rings. The molecule has 0 radical (unpaired) electrons. The quantitative estimate of drug-likeness (QED) is 0.642. The number of benzene rings is 2. The van der Waals surface area contributed by atoms with Gasteiger partial charge in [0.25, 0.3) is 0 Å². The maximum absolute atomic E-state index is 12.2. The van der Waals surface area contributed by atoms with Crippen LogP contribution in [0, 0.1) is 0 Å². The first kappa shape index (κ1) is 19.7. The van der Waals surface area contributed by atoms with Gasteiger partial charge in [0.1, 0.15) is 17.9 Å². The summed E-state index contributed by atoms with van der Waals surface area (Å²) >= 11 is 0. The predicted molar refractivity (Wildman–Crippen MR) is 107 cm³/mol. The third-order valence-corrected chi connectivity index (χ3v) is 6.04. The number of sulfone groups is 1. The maximum Gasteiger partial charge on any atom is 0.178 e. The van der Waals surface area contributed by atoms with E-state index in [9.17, 15) is 8.42 Å². The molecule has 9 heteroatoms. The van der Waals surface area contributed by atoms with E-state index in [0.717, 1.165) is 0 Å². The number of nitrogens with one attached hydrogen (secondary N) is 1. The number of ether oxygens (including phenoxy) is 3. The van der Waals surface area contributed by atoms with Gasteiger partial charge in [0.2, 0.25) is 0 Å². The van der Waals surface area contributed by atoms with Gasteiger partial charge < -0.3 is 19.5 Å². The van der Waals surface area contributed by atoms with Crippen molar-refractivity contribution < 1.29 is 22.6 Å². The van der Waals surface area contributed by atoms with Gasteiger partial charge in [0.15, 0.2) is 21.3 Å². The molecule has 0 atom stereocenters. The fourth-order valence-corrected chi connectivity index (χ4v) is 3.66. The molecule has 1 heterocycles. The van der Waals surface area contributed by atoms with E-state index in [2.05, 4.69) is 15.3 Å². The molecule has 0 spiro atoms. The van der Waals surface area contributed by atoms with E-state index < -0.39 is 9.84 Å². The van der Waals surface area contributed by atoms with Gasteiger partial charge in [-0.1, -0.05) is 6.92 Å². The van der Waals surface area contributed by atoms with Crippen LogP contribution in [0.5, 0.6) is 17.2 Å². The van der Waals surface area contributed by atoms with Crippen molar-refractivity contribution in [2.24, 2.45) is 0 Å². The molecule has 148 valence electrons. The standard InChI is InChI=1S/C19H21N3O5S/c1-5-28(23,24)12-6-7-16(25-2)15(8-12)22-19-13-9-17(26-3)18(27-4)10-14(13)20-11-21-19/h6-11H,5H2,1-4H3,(H,20,21,22). The molecule has 0 amide bonds. The maximum atomic E-state index is 12.2. The summed E-state index contributed by atoms with van der Waals surface area (Å²) in [4.78, 5) is 8.77. The molecular weight excluding hydrogens is 382 g/mol. The Labute approximate surface area is 163 Å². The van der Waals surface area contributed by atoms with Crippen LogP contribution in [0.1, 0.15) is 6.92 Å². The van der Waals surface area contributed by atoms with Crippen molar-refractivity contribution in [3.63, 3.8) is 0 Å². The fourth-order valence-electron chi connectivity index (χ4n) is 2.76. The number of fused-ring (bicyclic) bond motifs is 1. The van der Waals surface area contributed by atoms with Gasteiger partial charge in [-0.3, -0.25) is 0 Å². The van der Waals surface area contributed by atoms with Gasteiger partial charge in [-0.25, -0.2) is 18.4 Å². The first-order valence-corrected chi connectivity index (χ1v) is 10.1. The Balaban J connectivity index is 2.13. The van der Waals surface area contributed by atoms with Crippen LogP contribution in [0.25, 0.3) is 10.9 Å². The first-order valence-electron chi connectivity index (χ1n) is 8.48. The minimum absolute atomic E-state index is 0.00615. The molecule has 1 N–H and O–H groups in total. The summed E-state index contributed by atoms with van der Waals surface area (Å²) in [6.45, 7) is 1.60. The van der Waals surface area contributed by atoms with E-state index in [1.54, 1.807) is 39.3 Å².